The molecule has 0 aromatic rings. The average molecular weight is 254 g/mol. The minimum Gasteiger partial charge on any atom is -0.381 e. The van der Waals surface area contributed by atoms with Gasteiger partial charge in [0.05, 0.1) is 0 Å². The molecular weight excluding hydrogens is 224 g/mol. The molecule has 18 heavy (non-hydrogen) atoms. The predicted molar refractivity (Wildman–Crippen MR) is 75.9 cm³/mol. The van der Waals surface area contributed by atoms with E-state index in [-0.39, 0.29) is 0 Å². The molecule has 2 fully saturated rings. The second-order valence-corrected chi connectivity index (χ2v) is 5.92. The standard InChI is InChI=1S/C15H30N2O/c1-2-15-7-11-17(9-3-8-16-15)10-4-12-18-13-14-5-6-14/h14-16H,2-13H2,1H3. The molecule has 0 spiro atoms. The molecule has 2 aliphatic rings. The van der Waals surface area contributed by atoms with E-state index in [1.807, 2.05) is 0 Å². The van der Waals surface area contributed by atoms with E-state index in [2.05, 4.69) is 17.1 Å². The van der Waals surface area contributed by atoms with Gasteiger partial charge in [-0.3, -0.25) is 0 Å². The maximum Gasteiger partial charge on any atom is 0.0494 e. The largest absolute Gasteiger partial charge is 0.381 e. The Morgan fingerprint density at radius 3 is 2.89 bits per heavy atom. The van der Waals surface area contributed by atoms with E-state index in [1.54, 1.807) is 0 Å². The van der Waals surface area contributed by atoms with Gasteiger partial charge >= 0.3 is 0 Å². The van der Waals surface area contributed by atoms with Gasteiger partial charge in [0.15, 0.2) is 0 Å². The molecule has 1 aliphatic heterocycles. The van der Waals surface area contributed by atoms with Crippen LogP contribution in [0.1, 0.15) is 45.4 Å². The number of nitrogens with one attached hydrogen (secondary N) is 1. The van der Waals surface area contributed by atoms with Crippen molar-refractivity contribution >= 4 is 0 Å². The van der Waals surface area contributed by atoms with E-state index in [4.69, 9.17) is 4.74 Å². The molecule has 1 aliphatic carbocycles. The van der Waals surface area contributed by atoms with Gasteiger partial charge < -0.3 is 15.0 Å². The third-order valence-corrected chi connectivity index (χ3v) is 4.18. The second-order valence-electron chi connectivity index (χ2n) is 5.92. The SMILES string of the molecule is CCC1CCN(CCCOCC2CC2)CCCN1. The first-order chi connectivity index (χ1) is 8.88. The van der Waals surface area contributed by atoms with Crippen LogP contribution >= 0.6 is 0 Å². The summed E-state index contributed by atoms with van der Waals surface area (Å²) in [6.45, 7) is 9.19. The average Bonchev–Trinajstić information content (AvgIpc) is 3.16. The van der Waals surface area contributed by atoms with Crippen molar-refractivity contribution in [3.8, 4) is 0 Å². The first kappa shape index (κ1) is 14.3. The lowest BCUT2D eigenvalue weighted by Crippen LogP contribution is -2.40. The first-order valence-electron chi connectivity index (χ1n) is 7.92. The molecule has 3 heteroatoms. The molecule has 1 saturated heterocycles. The summed E-state index contributed by atoms with van der Waals surface area (Å²) in [5.41, 5.74) is 0. The number of ether oxygens (including phenoxy) is 1. The van der Waals surface area contributed by atoms with Crippen molar-refractivity contribution < 1.29 is 4.74 Å². The van der Waals surface area contributed by atoms with Gasteiger partial charge in [-0.15, -0.1) is 0 Å². The van der Waals surface area contributed by atoms with Crippen molar-refractivity contribution in [1.82, 2.24) is 10.2 Å². The monoisotopic (exact) mass is 254 g/mol. The fourth-order valence-electron chi connectivity index (χ4n) is 2.66. The van der Waals surface area contributed by atoms with Crippen LogP contribution in [0.2, 0.25) is 0 Å². The zero-order chi connectivity index (χ0) is 12.6. The van der Waals surface area contributed by atoms with Crippen LogP contribution in [0, 0.1) is 5.92 Å². The van der Waals surface area contributed by atoms with Gasteiger partial charge in [-0.1, -0.05) is 6.92 Å². The molecule has 0 bridgehead atoms. The number of nitrogens with zero attached hydrogens (tertiary/aromatic N) is 1. The van der Waals surface area contributed by atoms with Gasteiger partial charge in [-0.2, -0.15) is 0 Å². The molecule has 0 radical (unpaired) electrons. The highest BCUT2D eigenvalue weighted by atomic mass is 16.5. The van der Waals surface area contributed by atoms with E-state index >= 15 is 0 Å². The Labute approximate surface area is 112 Å². The summed E-state index contributed by atoms with van der Waals surface area (Å²) in [7, 11) is 0. The quantitative estimate of drug-likeness (QED) is 0.705. The Bertz CT molecular complexity index is 219. The minimum atomic E-state index is 0.735. The van der Waals surface area contributed by atoms with E-state index < -0.39 is 0 Å². The van der Waals surface area contributed by atoms with Gasteiger partial charge in [0, 0.05) is 25.8 Å². The maximum atomic E-state index is 5.71. The van der Waals surface area contributed by atoms with E-state index in [0.717, 1.165) is 25.2 Å². The molecule has 1 atom stereocenters. The summed E-state index contributed by atoms with van der Waals surface area (Å²) in [4.78, 5) is 2.63. The first-order valence-corrected chi connectivity index (χ1v) is 7.92. The topological polar surface area (TPSA) is 24.5 Å². The Hall–Kier alpha value is -0.120. The maximum absolute atomic E-state index is 5.71. The van der Waals surface area contributed by atoms with E-state index in [1.165, 1.54) is 64.7 Å². The zero-order valence-electron chi connectivity index (χ0n) is 12.0. The molecule has 106 valence electrons. The van der Waals surface area contributed by atoms with Crippen LogP contribution in [0.3, 0.4) is 0 Å². The smallest absolute Gasteiger partial charge is 0.0494 e. The van der Waals surface area contributed by atoms with Crippen LogP contribution in [-0.2, 0) is 4.74 Å². The van der Waals surface area contributed by atoms with E-state index in [9.17, 15) is 0 Å². The van der Waals surface area contributed by atoms with Gasteiger partial charge in [-0.25, -0.2) is 0 Å². The number of rotatable bonds is 7. The number of hydrogen-bond acceptors (Lipinski definition) is 3. The van der Waals surface area contributed by atoms with Gasteiger partial charge in [0.25, 0.3) is 0 Å². The molecule has 0 aromatic carbocycles. The molecule has 1 unspecified atom stereocenters. The number of hydrogen-bond donors (Lipinski definition) is 1. The fourth-order valence-corrected chi connectivity index (χ4v) is 2.66. The van der Waals surface area contributed by atoms with Crippen molar-refractivity contribution in [2.45, 2.75) is 51.5 Å². The third kappa shape index (κ3) is 5.68. The van der Waals surface area contributed by atoms with Crippen LogP contribution in [0.5, 0.6) is 0 Å². The third-order valence-electron chi connectivity index (χ3n) is 4.18. The molecule has 1 saturated carbocycles. The van der Waals surface area contributed by atoms with Gasteiger partial charge in [-0.05, 0) is 64.1 Å². The molecular formula is C15H30N2O. The van der Waals surface area contributed by atoms with Crippen LogP contribution in [0.25, 0.3) is 0 Å². The van der Waals surface area contributed by atoms with Crippen molar-refractivity contribution in [3.63, 3.8) is 0 Å². The van der Waals surface area contributed by atoms with Crippen LogP contribution in [0.15, 0.2) is 0 Å². The molecule has 0 amide bonds. The van der Waals surface area contributed by atoms with Crippen LogP contribution in [0.4, 0.5) is 0 Å². The molecule has 2 rings (SSSR count). The van der Waals surface area contributed by atoms with E-state index in [0.29, 0.717) is 0 Å². The molecule has 1 N–H and O–H groups in total. The Balaban J connectivity index is 1.52. The Morgan fingerprint density at radius 2 is 2.11 bits per heavy atom. The van der Waals surface area contributed by atoms with Gasteiger partial charge in [0.1, 0.15) is 0 Å². The van der Waals surface area contributed by atoms with Gasteiger partial charge in [0.2, 0.25) is 0 Å². The summed E-state index contributed by atoms with van der Waals surface area (Å²) in [5, 5.41) is 3.64. The van der Waals surface area contributed by atoms with Crippen LogP contribution < -0.4 is 5.32 Å². The Kier molecular flexibility index (Phi) is 6.46. The van der Waals surface area contributed by atoms with Crippen molar-refractivity contribution in [2.75, 3.05) is 39.4 Å². The summed E-state index contributed by atoms with van der Waals surface area (Å²) in [6.07, 6.45) is 7.86. The van der Waals surface area contributed by atoms with Crippen molar-refractivity contribution in [1.29, 1.82) is 0 Å². The summed E-state index contributed by atoms with van der Waals surface area (Å²) in [6, 6.07) is 0.735. The molecule has 0 aromatic heterocycles. The summed E-state index contributed by atoms with van der Waals surface area (Å²) >= 11 is 0. The highest BCUT2D eigenvalue weighted by Gasteiger charge is 2.21. The minimum absolute atomic E-state index is 0.735. The van der Waals surface area contributed by atoms with Crippen molar-refractivity contribution in [2.24, 2.45) is 5.92 Å². The highest BCUT2D eigenvalue weighted by Crippen LogP contribution is 2.28. The lowest BCUT2D eigenvalue weighted by Gasteiger charge is -2.28. The summed E-state index contributed by atoms with van der Waals surface area (Å²) in [5.74, 6) is 0.906. The lowest BCUT2D eigenvalue weighted by atomic mass is 10.1. The summed E-state index contributed by atoms with van der Waals surface area (Å²) < 4.78 is 5.71. The zero-order valence-corrected chi connectivity index (χ0v) is 12.0. The molecule has 1 heterocycles. The second kappa shape index (κ2) is 8.13. The van der Waals surface area contributed by atoms with Crippen molar-refractivity contribution in [3.05, 3.63) is 0 Å². The molecule has 3 nitrogen and oxygen atoms in total. The lowest BCUT2D eigenvalue weighted by molar-refractivity contribution is 0.110. The predicted octanol–water partition coefficient (Wildman–Crippen LogP) is 2.27. The Morgan fingerprint density at radius 1 is 1.22 bits per heavy atom. The highest BCUT2D eigenvalue weighted by molar-refractivity contribution is 4.73. The fraction of sp³-hybridized carbons (Fsp3) is 1.00. The normalized spacial score (nSPS) is 26.8. The van der Waals surface area contributed by atoms with Crippen LogP contribution in [-0.4, -0.2) is 50.3 Å².